The van der Waals surface area contributed by atoms with Gasteiger partial charge in [-0.3, -0.25) is 9.48 Å². The third kappa shape index (κ3) is 5.62. The van der Waals surface area contributed by atoms with E-state index in [0.717, 1.165) is 31.4 Å². The van der Waals surface area contributed by atoms with Gasteiger partial charge in [0.2, 0.25) is 0 Å². The highest BCUT2D eigenvalue weighted by Gasteiger charge is 2.51. The molecular weight excluding hydrogens is 539 g/mol. The van der Waals surface area contributed by atoms with Gasteiger partial charge in [0.15, 0.2) is 0 Å². The molecule has 0 radical (unpaired) electrons. The smallest absolute Gasteiger partial charge is 0.416 e. The van der Waals surface area contributed by atoms with Crippen molar-refractivity contribution in [3.63, 3.8) is 0 Å². The van der Waals surface area contributed by atoms with E-state index in [2.05, 4.69) is 10.2 Å². The second-order valence-corrected chi connectivity index (χ2v) is 12.2. The molecule has 10 nitrogen and oxygen atoms in total. The maximum atomic E-state index is 13.2. The van der Waals surface area contributed by atoms with Crippen molar-refractivity contribution in [2.75, 3.05) is 18.8 Å². The van der Waals surface area contributed by atoms with Gasteiger partial charge in [0.1, 0.15) is 22.7 Å². The number of carbonyl (C=O) groups excluding carboxylic acids is 2. The van der Waals surface area contributed by atoms with Gasteiger partial charge in [0, 0.05) is 24.8 Å². The van der Waals surface area contributed by atoms with Crippen LogP contribution in [0.4, 0.5) is 23.8 Å². The number of nitrogen functional groups attached to an aromatic ring is 1. The minimum Gasteiger partial charge on any atom is -0.444 e. The summed E-state index contributed by atoms with van der Waals surface area (Å²) in [5, 5.41) is 8.94. The highest BCUT2D eigenvalue weighted by atomic mass is 19.4. The molecule has 0 bridgehead atoms. The zero-order valence-corrected chi connectivity index (χ0v) is 23.5. The van der Waals surface area contributed by atoms with Crippen LogP contribution in [0.3, 0.4) is 0 Å². The van der Waals surface area contributed by atoms with E-state index >= 15 is 0 Å². The zero-order valence-electron chi connectivity index (χ0n) is 23.5. The Labute approximate surface area is 235 Å². The van der Waals surface area contributed by atoms with Crippen LogP contribution in [0.15, 0.2) is 30.6 Å². The van der Waals surface area contributed by atoms with E-state index in [0.29, 0.717) is 29.8 Å². The number of primary amides is 1. The van der Waals surface area contributed by atoms with Crippen molar-refractivity contribution in [2.45, 2.75) is 71.3 Å². The summed E-state index contributed by atoms with van der Waals surface area (Å²) < 4.78 is 48.3. The maximum absolute atomic E-state index is 13.2. The maximum Gasteiger partial charge on any atom is 0.416 e. The Morgan fingerprint density at radius 3 is 2.54 bits per heavy atom. The summed E-state index contributed by atoms with van der Waals surface area (Å²) in [6.45, 7) is 8.52. The summed E-state index contributed by atoms with van der Waals surface area (Å²) in [4.78, 5) is 26.7. The second kappa shape index (κ2) is 9.81. The number of carbonyl (C=O) groups is 2. The molecule has 0 atom stereocenters. The highest BCUT2D eigenvalue weighted by molar-refractivity contribution is 6.03. The van der Waals surface area contributed by atoms with Gasteiger partial charge in [-0.2, -0.15) is 23.4 Å². The molecule has 3 heterocycles. The predicted molar refractivity (Wildman–Crippen MR) is 145 cm³/mol. The number of aryl methyl sites for hydroxylation is 1. The van der Waals surface area contributed by atoms with Gasteiger partial charge >= 0.3 is 12.3 Å². The number of benzene rings is 1. The quantitative estimate of drug-likeness (QED) is 0.452. The van der Waals surface area contributed by atoms with Crippen LogP contribution in [-0.4, -0.2) is 55.2 Å². The van der Waals surface area contributed by atoms with Crippen molar-refractivity contribution in [2.24, 2.45) is 11.1 Å². The number of ether oxygens (including phenoxy) is 1. The number of hydrogen-bond acceptors (Lipinski definition) is 6. The van der Waals surface area contributed by atoms with Crippen LogP contribution in [0.5, 0.6) is 0 Å². The molecule has 1 aliphatic carbocycles. The number of anilines is 1. The van der Waals surface area contributed by atoms with Gasteiger partial charge < -0.3 is 21.1 Å². The van der Waals surface area contributed by atoms with Gasteiger partial charge in [-0.1, -0.05) is 6.07 Å². The molecule has 2 aromatic heterocycles. The molecule has 2 amide bonds. The average molecular weight is 574 g/mol. The highest BCUT2D eigenvalue weighted by Crippen LogP contribution is 2.55. The molecule has 1 spiro atoms. The number of nitrogens with zero attached hydrogens (tertiary/aromatic N) is 5. The standard InChI is InChI=1S/C28H34F3N7O3/c1-16-5-6-19(28(29,30)31)9-17(16)13-37-14-18(12-34-37)22-21(24(33)39)23(32)38(35-22)20-10-27(11-20)7-8-36(15-27)25(40)41-26(2,3)4/h5-6,9,12,14,20H,7-8,10-11,13,15,32H2,1-4H3,(H2,33,39)/t20-,27-. The first-order valence-electron chi connectivity index (χ1n) is 13.4. The van der Waals surface area contributed by atoms with E-state index in [4.69, 9.17) is 16.2 Å². The van der Waals surface area contributed by atoms with Crippen molar-refractivity contribution in [3.05, 3.63) is 52.8 Å². The minimum atomic E-state index is -4.45. The second-order valence-electron chi connectivity index (χ2n) is 12.2. The molecule has 1 saturated heterocycles. The van der Waals surface area contributed by atoms with E-state index in [-0.39, 0.29) is 41.2 Å². The van der Waals surface area contributed by atoms with Gasteiger partial charge in [0.25, 0.3) is 5.91 Å². The molecule has 1 aromatic carbocycles. The van der Waals surface area contributed by atoms with Gasteiger partial charge in [-0.05, 0) is 75.6 Å². The Bertz CT molecular complexity index is 1500. The first-order chi connectivity index (χ1) is 19.1. The van der Waals surface area contributed by atoms with Crippen LogP contribution in [0.2, 0.25) is 0 Å². The van der Waals surface area contributed by atoms with Crippen molar-refractivity contribution in [3.8, 4) is 11.3 Å². The fourth-order valence-electron chi connectivity index (χ4n) is 5.80. The molecule has 2 fully saturated rings. The molecule has 1 aliphatic heterocycles. The molecule has 1 saturated carbocycles. The van der Waals surface area contributed by atoms with Gasteiger partial charge in [-0.25, -0.2) is 9.48 Å². The van der Waals surface area contributed by atoms with E-state index in [1.165, 1.54) is 16.9 Å². The van der Waals surface area contributed by atoms with Gasteiger partial charge in [0.05, 0.1) is 24.3 Å². The van der Waals surface area contributed by atoms with E-state index in [9.17, 15) is 22.8 Å². The summed E-state index contributed by atoms with van der Waals surface area (Å²) in [7, 11) is 0. The Morgan fingerprint density at radius 1 is 1.20 bits per heavy atom. The van der Waals surface area contributed by atoms with E-state index < -0.39 is 23.2 Å². The molecule has 0 unspecified atom stereocenters. The van der Waals surface area contributed by atoms with Crippen molar-refractivity contribution in [1.82, 2.24) is 24.5 Å². The molecule has 3 aromatic rings. The normalized spacial score (nSPS) is 20.9. The first-order valence-corrected chi connectivity index (χ1v) is 13.4. The number of rotatable bonds is 5. The van der Waals surface area contributed by atoms with Crippen LogP contribution >= 0.6 is 0 Å². The first kappa shape index (κ1) is 28.5. The number of alkyl halides is 3. The predicted octanol–water partition coefficient (Wildman–Crippen LogP) is 4.77. The Balaban J connectivity index is 1.33. The van der Waals surface area contributed by atoms with E-state index in [1.807, 2.05) is 20.8 Å². The summed E-state index contributed by atoms with van der Waals surface area (Å²) in [6.07, 6.45) is 0.600. The van der Waals surface area contributed by atoms with Crippen LogP contribution < -0.4 is 11.5 Å². The largest absolute Gasteiger partial charge is 0.444 e. The minimum absolute atomic E-state index is 0.0687. The van der Waals surface area contributed by atoms with Crippen molar-refractivity contribution in [1.29, 1.82) is 0 Å². The molecule has 13 heteroatoms. The SMILES string of the molecule is Cc1ccc(C(F)(F)F)cc1Cn1cc(-c2nn([C@H]3C[C@@]4(CCN(C(=O)OC(C)(C)C)C4)C3)c(N)c2C(N)=O)cn1. The van der Waals surface area contributed by atoms with Crippen molar-refractivity contribution >= 4 is 17.8 Å². The molecule has 41 heavy (non-hydrogen) atoms. The summed E-state index contributed by atoms with van der Waals surface area (Å²) >= 11 is 0. The monoisotopic (exact) mass is 573 g/mol. The van der Waals surface area contributed by atoms with Crippen molar-refractivity contribution < 1.29 is 27.5 Å². The van der Waals surface area contributed by atoms with Crippen LogP contribution in [0.1, 0.15) is 73.1 Å². The lowest BCUT2D eigenvalue weighted by Gasteiger charge is -2.45. The number of likely N-dealkylation sites (tertiary alicyclic amines) is 1. The molecular formula is C28H34F3N7O3. The lowest BCUT2D eigenvalue weighted by Crippen LogP contribution is -2.43. The molecule has 5 rings (SSSR count). The lowest BCUT2D eigenvalue weighted by atomic mass is 9.65. The third-order valence-electron chi connectivity index (χ3n) is 7.88. The molecule has 220 valence electrons. The number of nitrogens with two attached hydrogens (primary N) is 2. The van der Waals surface area contributed by atoms with Gasteiger partial charge in [-0.15, -0.1) is 0 Å². The number of aromatic nitrogens is 4. The zero-order chi connectivity index (χ0) is 29.9. The van der Waals surface area contributed by atoms with E-state index in [1.54, 1.807) is 22.7 Å². The summed E-state index contributed by atoms with van der Waals surface area (Å²) in [5.74, 6) is -0.591. The lowest BCUT2D eigenvalue weighted by molar-refractivity contribution is -0.137. The number of halogens is 3. The molecule has 4 N–H and O–H groups in total. The third-order valence-corrected chi connectivity index (χ3v) is 7.88. The number of hydrogen-bond donors (Lipinski definition) is 2. The average Bonchev–Trinajstić information content (AvgIpc) is 3.55. The van der Waals surface area contributed by atoms with Crippen LogP contribution in [0, 0.1) is 12.3 Å². The number of amides is 2. The fraction of sp³-hybridized carbons (Fsp3) is 0.500. The van der Waals surface area contributed by atoms with Crippen LogP contribution in [-0.2, 0) is 17.5 Å². The van der Waals surface area contributed by atoms with Crippen LogP contribution in [0.25, 0.3) is 11.3 Å². The summed E-state index contributed by atoms with van der Waals surface area (Å²) in [6, 6.07) is 3.51. The Morgan fingerprint density at radius 2 is 1.90 bits per heavy atom. The fourth-order valence-corrected chi connectivity index (χ4v) is 5.80. The Kier molecular flexibility index (Phi) is 6.82. The Hall–Kier alpha value is -4.03. The molecule has 2 aliphatic rings. The summed E-state index contributed by atoms with van der Waals surface area (Å²) in [5.41, 5.74) is 12.7. The topological polar surface area (TPSA) is 134 Å².